The van der Waals surface area contributed by atoms with E-state index in [4.69, 9.17) is 0 Å². The third-order valence-electron chi connectivity index (χ3n) is 22.8. The Hall–Kier alpha value is -10.9. The molecular weight excluding hydrogens is 1340 g/mol. The highest BCUT2D eigenvalue weighted by atomic mass is 15.2. The molecule has 4 heterocycles. The van der Waals surface area contributed by atoms with E-state index in [1.807, 2.05) is 107 Å². The molecule has 15 aromatic rings. The van der Waals surface area contributed by atoms with Gasteiger partial charge in [-0.25, -0.2) is 0 Å². The first-order valence-corrected chi connectivity index (χ1v) is 39.4. The van der Waals surface area contributed by atoms with Crippen LogP contribution in [0.3, 0.4) is 0 Å². The van der Waals surface area contributed by atoms with Crippen LogP contribution in [0.5, 0.6) is 0 Å². The van der Waals surface area contributed by atoms with E-state index in [1.54, 1.807) is 9.13 Å². The molecule has 0 amide bonds. The molecule has 2 aromatic heterocycles. The molecule has 17 rings (SSSR count). The molecule has 0 saturated carbocycles. The fourth-order valence-electron chi connectivity index (χ4n) is 16.3. The minimum Gasteiger partial charge on any atom is -0.311 e. The zero-order valence-corrected chi connectivity index (χ0v) is 68.3. The highest BCUT2D eigenvalue weighted by molar-refractivity contribution is 7.00. The summed E-state index contributed by atoms with van der Waals surface area (Å²) in [5.74, 6) is 0. The highest BCUT2D eigenvalue weighted by Gasteiger charge is 2.46. The molecule has 0 aliphatic carbocycles. The molecule has 111 heavy (non-hydrogen) atoms. The highest BCUT2D eigenvalue weighted by Crippen LogP contribution is 2.53. The van der Waals surface area contributed by atoms with Gasteiger partial charge < -0.3 is 18.9 Å². The maximum Gasteiger partial charge on any atom is 0.252 e. The summed E-state index contributed by atoms with van der Waals surface area (Å²) in [6.45, 7) is 42.7. The van der Waals surface area contributed by atoms with Crippen molar-refractivity contribution >= 4 is 101 Å². The predicted molar refractivity (Wildman–Crippen MR) is 482 cm³/mol. The lowest BCUT2D eigenvalue weighted by molar-refractivity contribution is 0.590. The van der Waals surface area contributed by atoms with Gasteiger partial charge in [0.15, 0.2) is 0 Å². The van der Waals surface area contributed by atoms with Crippen molar-refractivity contribution in [1.82, 2.24) is 9.13 Å². The summed E-state index contributed by atoms with van der Waals surface area (Å²) < 4.78 is 127. The smallest absolute Gasteiger partial charge is 0.252 e. The summed E-state index contributed by atoms with van der Waals surface area (Å²) >= 11 is 0. The number of hydrogen-bond acceptors (Lipinski definition) is 2. The molecule has 554 valence electrons. The van der Waals surface area contributed by atoms with Gasteiger partial charge >= 0.3 is 0 Å². The SMILES string of the molecule is [2H]c1c(C(C)(C)C)c([2H])c2c3c([2H])c(C(C)(C)C)c([2H])c([2H])c3n(-c3ccc4c(c3)N(c3ccc(C(C)(C)C)cc3-c3cccc(-c5ccccc5)c3)c3cc(C(C)(C)C)cc5c3B4c3ccc(-n4c6c([2H])c([2H])c(C(C)(C)C)c([2H])c6c6c([2H])c(C(C)(C)C)c([2H])c([2H])c64)cc3N5c3ccc(C(C)(C)C)cc3-c3cccc(-c4ccccc4)c3)c2c1[2H]. The van der Waals surface area contributed by atoms with Crippen molar-refractivity contribution in [3.63, 3.8) is 0 Å². The molecule has 0 N–H and O–H groups in total. The minimum atomic E-state index is -0.789. The molecule has 0 fully saturated rings. The second kappa shape index (κ2) is 25.9. The summed E-state index contributed by atoms with van der Waals surface area (Å²) in [7, 11) is 0. The second-order valence-electron chi connectivity index (χ2n) is 38.2. The van der Waals surface area contributed by atoms with E-state index in [1.165, 1.54) is 0 Å². The molecule has 2 aliphatic rings. The standard InChI is InChI=1S/C106H107BN4/c1-100(2,3)72-38-48-89(81(56-72)70-36-28-34-68(54-70)66-30-24-22-25-31-66)110-95-64-79(108-91-50-40-74(102(7,8)9)58-83(91)84-59-75(103(10,11)12)41-51-92(84)108)44-46-87(95)107-88-47-45-80(109-93-52-42-76(104(13,14)15)60-85(93)86-61-77(105(16,17)18)43-53-94(86)109)65-96(88)111(98-63-78(106(19,20)21)62-97(110)99(98)107)90-49-39-73(101(4,5)6)57-82(90)71-37-29-35-69(55-71)67-32-26-23-27-33-67/h22-65H,1-21H3/i40D,41D,42D,43D,50D,51D,52D,53D,58D,59D,60D,61D. The summed E-state index contributed by atoms with van der Waals surface area (Å²) in [5, 5.41) is 1.09. The number of fused-ring (bicyclic) bond motifs is 10. The summed E-state index contributed by atoms with van der Waals surface area (Å²) in [5.41, 5.74) is 17.4. The van der Waals surface area contributed by atoms with Crippen molar-refractivity contribution in [1.29, 1.82) is 0 Å². The zero-order valence-electron chi connectivity index (χ0n) is 80.3. The van der Waals surface area contributed by atoms with E-state index in [0.717, 1.165) is 112 Å². The van der Waals surface area contributed by atoms with Crippen molar-refractivity contribution < 1.29 is 16.4 Å². The van der Waals surface area contributed by atoms with Gasteiger partial charge in [-0.2, -0.15) is 0 Å². The first-order chi connectivity index (χ1) is 57.5. The van der Waals surface area contributed by atoms with E-state index < -0.39 is 33.8 Å². The summed E-state index contributed by atoms with van der Waals surface area (Å²) in [4.78, 5) is 4.81. The first kappa shape index (κ1) is 59.9. The summed E-state index contributed by atoms with van der Waals surface area (Å²) in [6, 6.07) is 68.0. The van der Waals surface area contributed by atoms with Crippen molar-refractivity contribution in [2.75, 3.05) is 9.80 Å². The Kier molecular flexibility index (Phi) is 14.0. The third kappa shape index (κ3) is 12.7. The second-order valence-corrected chi connectivity index (χ2v) is 38.2. The van der Waals surface area contributed by atoms with Crippen LogP contribution in [-0.2, 0) is 37.9 Å². The van der Waals surface area contributed by atoms with Crippen LogP contribution >= 0.6 is 0 Å². The number of rotatable bonds is 8. The van der Waals surface area contributed by atoms with Gasteiger partial charge in [-0.3, -0.25) is 0 Å². The van der Waals surface area contributed by atoms with Crippen LogP contribution in [0.2, 0.25) is 0 Å². The normalized spacial score (nSPS) is 15.1. The van der Waals surface area contributed by atoms with E-state index in [0.29, 0.717) is 33.6 Å². The quantitative estimate of drug-likeness (QED) is 0.141. The van der Waals surface area contributed by atoms with Crippen LogP contribution in [0.4, 0.5) is 34.1 Å². The average molecular weight is 1460 g/mol. The first-order valence-electron chi connectivity index (χ1n) is 45.4. The molecule has 4 nitrogen and oxygen atoms in total. The lowest BCUT2D eigenvalue weighted by atomic mass is 9.33. The van der Waals surface area contributed by atoms with Crippen LogP contribution < -0.4 is 26.2 Å². The van der Waals surface area contributed by atoms with Gasteiger partial charge in [0, 0.05) is 66.8 Å². The molecule has 0 saturated heterocycles. The Morgan fingerprint density at radius 2 is 0.550 bits per heavy atom. The van der Waals surface area contributed by atoms with Crippen LogP contribution in [0.15, 0.2) is 267 Å². The monoisotopic (exact) mass is 1460 g/mol. The van der Waals surface area contributed by atoms with Crippen LogP contribution in [0.25, 0.3) is 99.5 Å². The molecule has 2 aliphatic heterocycles. The molecule has 0 bridgehead atoms. The van der Waals surface area contributed by atoms with E-state index >= 15 is 0 Å². The van der Waals surface area contributed by atoms with Gasteiger partial charge in [-0.05, 0) is 248 Å². The van der Waals surface area contributed by atoms with E-state index in [2.05, 4.69) is 242 Å². The van der Waals surface area contributed by atoms with Crippen LogP contribution in [0.1, 0.15) is 201 Å². The van der Waals surface area contributed by atoms with Gasteiger partial charge in [0.25, 0.3) is 6.71 Å². The molecule has 0 spiro atoms. The Bertz CT molecular complexity index is 6420. The maximum atomic E-state index is 10.4. The zero-order chi connectivity index (χ0) is 88.6. The molecule has 0 radical (unpaired) electrons. The van der Waals surface area contributed by atoms with Crippen molar-refractivity contribution in [3.8, 4) is 55.9 Å². The largest absolute Gasteiger partial charge is 0.311 e. The average Bonchev–Trinajstić information content (AvgIpc) is 1.68. The molecule has 5 heteroatoms. The Morgan fingerprint density at radius 1 is 0.243 bits per heavy atom. The number of benzene rings is 13. The number of nitrogens with zero attached hydrogens (tertiary/aromatic N) is 4. The fourth-order valence-corrected chi connectivity index (χ4v) is 16.3. The third-order valence-corrected chi connectivity index (χ3v) is 22.8. The Balaban J connectivity index is 1.07. The van der Waals surface area contributed by atoms with Crippen molar-refractivity contribution in [2.45, 2.75) is 183 Å². The van der Waals surface area contributed by atoms with Gasteiger partial charge in [0.1, 0.15) is 0 Å². The van der Waals surface area contributed by atoms with Crippen LogP contribution in [0, 0.1) is 0 Å². The van der Waals surface area contributed by atoms with Gasteiger partial charge in [0.05, 0.1) is 49.9 Å². The van der Waals surface area contributed by atoms with E-state index in [-0.39, 0.29) is 127 Å². The Morgan fingerprint density at radius 3 is 0.865 bits per heavy atom. The number of aromatic nitrogens is 2. The summed E-state index contributed by atoms with van der Waals surface area (Å²) in [6.07, 6.45) is 0. The van der Waals surface area contributed by atoms with Crippen LogP contribution in [-0.4, -0.2) is 15.8 Å². The predicted octanol–water partition coefficient (Wildman–Crippen LogP) is 27.7. The van der Waals surface area contributed by atoms with Gasteiger partial charge in [-0.15, -0.1) is 0 Å². The fraction of sp³-hybridized carbons (Fsp3) is 0.264. The van der Waals surface area contributed by atoms with Gasteiger partial charge in [0.2, 0.25) is 0 Å². The molecule has 13 aromatic carbocycles. The van der Waals surface area contributed by atoms with Crippen molar-refractivity contribution in [2.24, 2.45) is 0 Å². The molecular formula is C106H107BN4. The number of anilines is 6. The number of hydrogen-bond donors (Lipinski definition) is 0. The lowest BCUT2D eigenvalue weighted by Gasteiger charge is -2.46. The maximum absolute atomic E-state index is 10.4. The van der Waals surface area contributed by atoms with Gasteiger partial charge in [-0.1, -0.05) is 291 Å². The van der Waals surface area contributed by atoms with E-state index in [9.17, 15) is 16.4 Å². The van der Waals surface area contributed by atoms with Crippen molar-refractivity contribution in [3.05, 3.63) is 306 Å². The lowest BCUT2D eigenvalue weighted by Crippen LogP contribution is -2.61. The topological polar surface area (TPSA) is 16.3 Å². The molecule has 0 atom stereocenters. The minimum absolute atomic E-state index is 0.00342. The Labute approximate surface area is 677 Å². The molecule has 0 unspecified atom stereocenters.